The summed E-state index contributed by atoms with van der Waals surface area (Å²) in [6.07, 6.45) is 0.125. The van der Waals surface area contributed by atoms with Crippen LogP contribution in [0.3, 0.4) is 0 Å². The van der Waals surface area contributed by atoms with E-state index in [-0.39, 0.29) is 18.7 Å². The molecule has 2 aromatic carbocycles. The average Bonchev–Trinajstić information content (AvgIpc) is 2.62. The fourth-order valence-corrected chi connectivity index (χ4v) is 4.05. The summed E-state index contributed by atoms with van der Waals surface area (Å²) in [6.45, 7) is 8.40. The van der Waals surface area contributed by atoms with Crippen LogP contribution in [-0.4, -0.2) is 30.8 Å². The van der Waals surface area contributed by atoms with Gasteiger partial charge in [-0.1, -0.05) is 36.0 Å². The first-order valence-electron chi connectivity index (χ1n) is 8.86. The van der Waals surface area contributed by atoms with E-state index in [1.54, 1.807) is 11.8 Å². The summed E-state index contributed by atoms with van der Waals surface area (Å²) in [7, 11) is 0. The standard InChI is InChI=1S/C21H25NO3S/c1-15(2)24-13-14-25-20(23)21(3,4)22-16-9-5-7-11-18(16)26-19-12-8-6-10-17(19)22/h5-12,15H,13-14H2,1-4H3. The van der Waals surface area contributed by atoms with Crippen molar-refractivity contribution in [2.45, 2.75) is 49.1 Å². The van der Waals surface area contributed by atoms with Gasteiger partial charge in [-0.15, -0.1) is 0 Å². The van der Waals surface area contributed by atoms with E-state index in [1.165, 1.54) is 0 Å². The summed E-state index contributed by atoms with van der Waals surface area (Å²) in [5.41, 5.74) is 1.21. The van der Waals surface area contributed by atoms with Gasteiger partial charge in [0.2, 0.25) is 0 Å². The average molecular weight is 372 g/mol. The highest BCUT2D eigenvalue weighted by Crippen LogP contribution is 2.50. The second kappa shape index (κ2) is 7.72. The topological polar surface area (TPSA) is 38.8 Å². The van der Waals surface area contributed by atoms with Gasteiger partial charge in [-0.3, -0.25) is 0 Å². The lowest BCUT2D eigenvalue weighted by Crippen LogP contribution is -2.49. The summed E-state index contributed by atoms with van der Waals surface area (Å²) in [4.78, 5) is 17.3. The minimum absolute atomic E-state index is 0.125. The van der Waals surface area contributed by atoms with Crippen LogP contribution in [0.1, 0.15) is 27.7 Å². The molecule has 0 bridgehead atoms. The van der Waals surface area contributed by atoms with Crippen LogP contribution in [0, 0.1) is 0 Å². The number of carbonyl (C=O) groups is 1. The summed E-state index contributed by atoms with van der Waals surface area (Å²) in [5, 5.41) is 0. The van der Waals surface area contributed by atoms with E-state index in [0.29, 0.717) is 6.61 Å². The molecular weight excluding hydrogens is 346 g/mol. The van der Waals surface area contributed by atoms with Gasteiger partial charge in [0, 0.05) is 9.79 Å². The van der Waals surface area contributed by atoms with Crippen molar-refractivity contribution in [2.75, 3.05) is 18.1 Å². The van der Waals surface area contributed by atoms with Gasteiger partial charge in [0.25, 0.3) is 0 Å². The van der Waals surface area contributed by atoms with Gasteiger partial charge in [-0.25, -0.2) is 4.79 Å². The molecule has 0 saturated carbocycles. The third kappa shape index (κ3) is 3.74. The summed E-state index contributed by atoms with van der Waals surface area (Å²) in [6, 6.07) is 16.3. The molecule has 26 heavy (non-hydrogen) atoms. The molecule has 1 aliphatic rings. The van der Waals surface area contributed by atoms with Crippen LogP contribution < -0.4 is 4.90 Å². The Labute approximate surface area is 159 Å². The molecule has 0 radical (unpaired) electrons. The van der Waals surface area contributed by atoms with Gasteiger partial charge >= 0.3 is 5.97 Å². The Morgan fingerprint density at radius 2 is 1.54 bits per heavy atom. The molecule has 0 aromatic heterocycles. The Bertz CT molecular complexity index is 743. The summed E-state index contributed by atoms with van der Waals surface area (Å²) >= 11 is 1.72. The largest absolute Gasteiger partial charge is 0.461 e. The first-order valence-corrected chi connectivity index (χ1v) is 9.68. The minimum atomic E-state index is -0.842. The molecule has 0 fully saturated rings. The number of ether oxygens (including phenoxy) is 2. The van der Waals surface area contributed by atoms with Crippen molar-refractivity contribution >= 4 is 29.1 Å². The molecule has 3 rings (SSSR count). The number of rotatable bonds is 6. The third-order valence-electron chi connectivity index (χ3n) is 4.26. The Morgan fingerprint density at radius 3 is 2.08 bits per heavy atom. The first kappa shape index (κ1) is 18.8. The zero-order valence-corrected chi connectivity index (χ0v) is 16.5. The number of fused-ring (bicyclic) bond motifs is 2. The van der Waals surface area contributed by atoms with E-state index in [0.717, 1.165) is 21.2 Å². The van der Waals surface area contributed by atoms with Crippen molar-refractivity contribution in [2.24, 2.45) is 0 Å². The molecule has 1 heterocycles. The predicted octanol–water partition coefficient (Wildman–Crippen LogP) is 5.04. The molecule has 0 amide bonds. The van der Waals surface area contributed by atoms with Crippen molar-refractivity contribution in [1.82, 2.24) is 0 Å². The van der Waals surface area contributed by atoms with Crippen LogP contribution in [0.2, 0.25) is 0 Å². The fraction of sp³-hybridized carbons (Fsp3) is 0.381. The summed E-state index contributed by atoms with van der Waals surface area (Å²) in [5.74, 6) is -0.263. The van der Waals surface area contributed by atoms with Crippen LogP contribution in [0.4, 0.5) is 11.4 Å². The number of esters is 1. The van der Waals surface area contributed by atoms with Gasteiger partial charge in [0.1, 0.15) is 12.1 Å². The molecule has 0 aliphatic carbocycles. The van der Waals surface area contributed by atoms with Crippen LogP contribution in [0.5, 0.6) is 0 Å². The van der Waals surface area contributed by atoms with E-state index >= 15 is 0 Å². The normalized spacial score (nSPS) is 13.3. The number of nitrogens with zero attached hydrogens (tertiary/aromatic N) is 1. The highest BCUT2D eigenvalue weighted by Gasteiger charge is 2.41. The van der Waals surface area contributed by atoms with Crippen LogP contribution >= 0.6 is 11.8 Å². The lowest BCUT2D eigenvalue weighted by molar-refractivity contribution is -0.150. The molecular formula is C21H25NO3S. The van der Waals surface area contributed by atoms with Gasteiger partial charge in [0.05, 0.1) is 24.1 Å². The number of carbonyl (C=O) groups excluding carboxylic acids is 1. The number of hydrogen-bond donors (Lipinski definition) is 0. The van der Waals surface area contributed by atoms with Crippen LogP contribution in [-0.2, 0) is 14.3 Å². The molecule has 4 nitrogen and oxygen atoms in total. The predicted molar refractivity (Wildman–Crippen MR) is 105 cm³/mol. The highest BCUT2D eigenvalue weighted by atomic mass is 32.2. The maximum absolute atomic E-state index is 12.9. The summed E-state index contributed by atoms with van der Waals surface area (Å²) < 4.78 is 11.0. The van der Waals surface area contributed by atoms with E-state index in [9.17, 15) is 4.79 Å². The molecule has 1 aliphatic heterocycles. The van der Waals surface area contributed by atoms with Gasteiger partial charge < -0.3 is 14.4 Å². The number of hydrogen-bond acceptors (Lipinski definition) is 5. The van der Waals surface area contributed by atoms with E-state index in [1.807, 2.05) is 52.0 Å². The maximum atomic E-state index is 12.9. The molecule has 0 atom stereocenters. The fourth-order valence-electron chi connectivity index (χ4n) is 2.99. The lowest BCUT2D eigenvalue weighted by atomic mass is 10.00. The number of para-hydroxylation sites is 2. The second-order valence-corrected chi connectivity index (χ2v) is 8.07. The molecule has 0 spiro atoms. The van der Waals surface area contributed by atoms with Crippen molar-refractivity contribution in [3.63, 3.8) is 0 Å². The van der Waals surface area contributed by atoms with Crippen LogP contribution in [0.25, 0.3) is 0 Å². The Hall–Kier alpha value is -1.98. The quantitative estimate of drug-likeness (QED) is 0.526. The van der Waals surface area contributed by atoms with Gasteiger partial charge in [-0.2, -0.15) is 0 Å². The Morgan fingerprint density at radius 1 is 1.00 bits per heavy atom. The maximum Gasteiger partial charge on any atom is 0.331 e. The molecule has 0 saturated heterocycles. The van der Waals surface area contributed by atoms with Gasteiger partial charge in [0.15, 0.2) is 0 Å². The Balaban J connectivity index is 1.88. The molecule has 0 N–H and O–H groups in total. The third-order valence-corrected chi connectivity index (χ3v) is 5.39. The van der Waals surface area contributed by atoms with Crippen LogP contribution in [0.15, 0.2) is 58.3 Å². The smallest absolute Gasteiger partial charge is 0.331 e. The van der Waals surface area contributed by atoms with Crippen molar-refractivity contribution in [3.05, 3.63) is 48.5 Å². The minimum Gasteiger partial charge on any atom is -0.461 e. The number of anilines is 2. The van der Waals surface area contributed by atoms with Crippen molar-refractivity contribution in [3.8, 4) is 0 Å². The first-order chi connectivity index (χ1) is 12.4. The molecule has 138 valence electrons. The van der Waals surface area contributed by atoms with Gasteiger partial charge in [-0.05, 0) is 52.0 Å². The zero-order chi connectivity index (χ0) is 18.7. The highest BCUT2D eigenvalue weighted by molar-refractivity contribution is 7.99. The van der Waals surface area contributed by atoms with Crippen molar-refractivity contribution in [1.29, 1.82) is 0 Å². The van der Waals surface area contributed by atoms with Crippen molar-refractivity contribution < 1.29 is 14.3 Å². The second-order valence-electron chi connectivity index (χ2n) is 6.99. The monoisotopic (exact) mass is 371 g/mol. The van der Waals surface area contributed by atoms with E-state index < -0.39 is 5.54 Å². The number of benzene rings is 2. The SMILES string of the molecule is CC(C)OCCOC(=O)C(C)(C)N1c2ccccc2Sc2ccccc21. The van der Waals surface area contributed by atoms with E-state index in [2.05, 4.69) is 29.2 Å². The van der Waals surface area contributed by atoms with E-state index in [4.69, 9.17) is 9.47 Å². The zero-order valence-electron chi connectivity index (χ0n) is 15.7. The lowest BCUT2D eigenvalue weighted by Gasteiger charge is -2.42. The molecule has 0 unspecified atom stereocenters. The molecule has 5 heteroatoms. The molecule has 2 aromatic rings. The Kier molecular flexibility index (Phi) is 5.58.